The summed E-state index contributed by atoms with van der Waals surface area (Å²) in [6.07, 6.45) is 4.40. The molecule has 2 aliphatic rings. The van der Waals surface area contributed by atoms with E-state index in [1.807, 2.05) is 14.1 Å². The van der Waals surface area contributed by atoms with Crippen molar-refractivity contribution in [3.63, 3.8) is 0 Å². The second-order valence-corrected chi connectivity index (χ2v) is 5.64. The number of carbonyl (C=O) groups excluding carboxylic acids is 1. The number of hydrogen-bond acceptors (Lipinski definition) is 2. The Hall–Kier alpha value is -1.35. The third-order valence-corrected chi connectivity index (χ3v) is 4.59. The topological polar surface area (TPSA) is 32.3 Å². The minimum absolute atomic E-state index is 0.207. The van der Waals surface area contributed by atoms with Crippen LogP contribution in [0.15, 0.2) is 18.2 Å². The lowest BCUT2D eigenvalue weighted by Gasteiger charge is -2.42. The number of hydrogen-bond donors (Lipinski definition) is 1. The Morgan fingerprint density at radius 1 is 1.39 bits per heavy atom. The lowest BCUT2D eigenvalue weighted by molar-refractivity contribution is -0.117. The van der Waals surface area contributed by atoms with Crippen LogP contribution < -0.4 is 10.2 Å². The molecule has 3 nitrogen and oxygen atoms in total. The van der Waals surface area contributed by atoms with Crippen LogP contribution in [0, 0.1) is 0 Å². The fourth-order valence-corrected chi connectivity index (χ4v) is 3.31. The van der Waals surface area contributed by atoms with E-state index in [9.17, 15) is 4.79 Å². The second-order valence-electron chi connectivity index (χ2n) is 5.64. The summed E-state index contributed by atoms with van der Waals surface area (Å²) in [5.41, 5.74) is 4.00. The van der Waals surface area contributed by atoms with Crippen molar-refractivity contribution in [2.24, 2.45) is 0 Å². The minimum atomic E-state index is 0.207. The largest absolute Gasteiger partial charge is 0.319 e. The zero-order chi connectivity index (χ0) is 12.8. The Morgan fingerprint density at radius 2 is 2.17 bits per heavy atom. The molecule has 1 aliphatic carbocycles. The summed E-state index contributed by atoms with van der Waals surface area (Å²) in [5, 5.41) is 3.32. The summed E-state index contributed by atoms with van der Waals surface area (Å²) in [5.74, 6) is 0.207. The Morgan fingerprint density at radius 3 is 2.78 bits per heavy atom. The van der Waals surface area contributed by atoms with Gasteiger partial charge in [-0.2, -0.15) is 0 Å². The highest BCUT2D eigenvalue weighted by atomic mass is 16.2. The Labute approximate surface area is 108 Å². The van der Waals surface area contributed by atoms with Gasteiger partial charge in [-0.15, -0.1) is 0 Å². The Bertz CT molecular complexity index is 491. The van der Waals surface area contributed by atoms with Gasteiger partial charge in [0.05, 0.1) is 6.42 Å². The van der Waals surface area contributed by atoms with E-state index in [0.29, 0.717) is 11.8 Å². The maximum absolute atomic E-state index is 11.7. The normalized spacial score (nSPS) is 20.8. The van der Waals surface area contributed by atoms with Gasteiger partial charge in [0.1, 0.15) is 0 Å². The first-order valence-corrected chi connectivity index (χ1v) is 6.71. The Balaban J connectivity index is 1.96. The van der Waals surface area contributed by atoms with Crippen molar-refractivity contribution in [3.05, 3.63) is 29.3 Å². The van der Waals surface area contributed by atoms with Crippen molar-refractivity contribution in [2.45, 2.75) is 31.1 Å². The van der Waals surface area contributed by atoms with E-state index in [1.165, 1.54) is 30.4 Å². The molecule has 1 aliphatic heterocycles. The van der Waals surface area contributed by atoms with E-state index in [2.05, 4.69) is 23.5 Å². The summed E-state index contributed by atoms with van der Waals surface area (Å²) in [7, 11) is 3.88. The van der Waals surface area contributed by atoms with Crippen LogP contribution in [-0.2, 0) is 16.6 Å². The SMILES string of the molecule is CNCC1(c2ccc3c(c2)CC(=O)N3C)CCC1. The van der Waals surface area contributed by atoms with Gasteiger partial charge in [-0.3, -0.25) is 4.79 Å². The van der Waals surface area contributed by atoms with Crippen molar-refractivity contribution >= 4 is 11.6 Å². The van der Waals surface area contributed by atoms with Crippen molar-refractivity contribution in [3.8, 4) is 0 Å². The predicted octanol–water partition coefficient (Wildman–Crippen LogP) is 1.85. The fourth-order valence-electron chi connectivity index (χ4n) is 3.31. The van der Waals surface area contributed by atoms with Gasteiger partial charge in [-0.25, -0.2) is 0 Å². The first-order valence-electron chi connectivity index (χ1n) is 6.71. The molecular formula is C15H20N2O. The molecule has 0 spiro atoms. The first-order chi connectivity index (χ1) is 8.66. The molecular weight excluding hydrogens is 224 g/mol. The standard InChI is InChI=1S/C15H20N2O/c1-16-10-15(6-3-7-15)12-4-5-13-11(8-12)9-14(18)17(13)2/h4-5,8,16H,3,6-7,9-10H2,1-2H3. The van der Waals surface area contributed by atoms with Gasteiger partial charge < -0.3 is 10.2 Å². The average Bonchev–Trinajstić information content (AvgIpc) is 2.59. The molecule has 1 N–H and O–H groups in total. The number of carbonyl (C=O) groups is 1. The molecule has 96 valence electrons. The Kier molecular flexibility index (Phi) is 2.67. The zero-order valence-electron chi connectivity index (χ0n) is 11.1. The number of amides is 1. The predicted molar refractivity (Wildman–Crippen MR) is 73.0 cm³/mol. The van der Waals surface area contributed by atoms with E-state index in [-0.39, 0.29) is 5.91 Å². The highest BCUT2D eigenvalue weighted by Crippen LogP contribution is 2.44. The number of nitrogens with zero attached hydrogens (tertiary/aromatic N) is 1. The van der Waals surface area contributed by atoms with Crippen LogP contribution in [0.3, 0.4) is 0 Å². The molecule has 1 aromatic carbocycles. The number of anilines is 1. The summed E-state index contributed by atoms with van der Waals surface area (Å²) in [6.45, 7) is 1.04. The van der Waals surface area contributed by atoms with Gasteiger partial charge in [0.2, 0.25) is 5.91 Å². The highest BCUT2D eigenvalue weighted by Gasteiger charge is 2.38. The van der Waals surface area contributed by atoms with Gasteiger partial charge in [-0.05, 0) is 37.1 Å². The number of fused-ring (bicyclic) bond motifs is 1. The summed E-state index contributed by atoms with van der Waals surface area (Å²) in [4.78, 5) is 13.5. The number of rotatable bonds is 3. The lowest BCUT2D eigenvalue weighted by atomic mass is 9.64. The molecule has 1 saturated carbocycles. The maximum Gasteiger partial charge on any atom is 0.231 e. The summed E-state index contributed by atoms with van der Waals surface area (Å²) >= 11 is 0. The van der Waals surface area contributed by atoms with Crippen LogP contribution in [0.25, 0.3) is 0 Å². The van der Waals surface area contributed by atoms with Gasteiger partial charge in [0.25, 0.3) is 0 Å². The van der Waals surface area contributed by atoms with Crippen molar-refractivity contribution in [1.82, 2.24) is 5.32 Å². The lowest BCUT2D eigenvalue weighted by Crippen LogP contribution is -2.42. The number of nitrogens with one attached hydrogen (secondary N) is 1. The maximum atomic E-state index is 11.7. The van der Waals surface area contributed by atoms with Gasteiger partial charge in [0.15, 0.2) is 0 Å². The molecule has 0 unspecified atom stereocenters. The molecule has 0 radical (unpaired) electrons. The quantitative estimate of drug-likeness (QED) is 0.880. The molecule has 1 amide bonds. The molecule has 1 fully saturated rings. The third-order valence-electron chi connectivity index (χ3n) is 4.59. The van der Waals surface area contributed by atoms with Crippen LogP contribution >= 0.6 is 0 Å². The van der Waals surface area contributed by atoms with Gasteiger partial charge in [0, 0.05) is 24.7 Å². The van der Waals surface area contributed by atoms with E-state index >= 15 is 0 Å². The molecule has 3 rings (SSSR count). The van der Waals surface area contributed by atoms with E-state index in [1.54, 1.807) is 4.90 Å². The summed E-state index contributed by atoms with van der Waals surface area (Å²) < 4.78 is 0. The molecule has 1 aromatic rings. The van der Waals surface area contributed by atoms with Crippen LogP contribution in [-0.4, -0.2) is 26.5 Å². The molecule has 18 heavy (non-hydrogen) atoms. The highest BCUT2D eigenvalue weighted by molar-refractivity contribution is 6.00. The van der Waals surface area contributed by atoms with Crippen molar-refractivity contribution < 1.29 is 4.79 Å². The smallest absolute Gasteiger partial charge is 0.231 e. The number of benzene rings is 1. The van der Waals surface area contributed by atoms with Crippen molar-refractivity contribution in [2.75, 3.05) is 25.5 Å². The number of likely N-dealkylation sites (N-methyl/N-ethyl adjacent to an activating group) is 2. The van der Waals surface area contributed by atoms with E-state index < -0.39 is 0 Å². The minimum Gasteiger partial charge on any atom is -0.319 e. The molecule has 0 aromatic heterocycles. The van der Waals surface area contributed by atoms with E-state index in [0.717, 1.165) is 12.2 Å². The first kappa shape index (κ1) is 11.7. The van der Waals surface area contributed by atoms with Crippen LogP contribution in [0.2, 0.25) is 0 Å². The molecule has 3 heteroatoms. The van der Waals surface area contributed by atoms with E-state index in [4.69, 9.17) is 0 Å². The molecule has 0 atom stereocenters. The summed E-state index contributed by atoms with van der Waals surface area (Å²) in [6, 6.07) is 6.59. The molecule has 0 bridgehead atoms. The fraction of sp³-hybridized carbons (Fsp3) is 0.533. The van der Waals surface area contributed by atoms with Crippen LogP contribution in [0.4, 0.5) is 5.69 Å². The van der Waals surface area contributed by atoms with Crippen molar-refractivity contribution in [1.29, 1.82) is 0 Å². The van der Waals surface area contributed by atoms with Gasteiger partial charge in [-0.1, -0.05) is 18.6 Å². The van der Waals surface area contributed by atoms with Gasteiger partial charge >= 0.3 is 0 Å². The monoisotopic (exact) mass is 244 g/mol. The second kappa shape index (κ2) is 4.09. The third kappa shape index (κ3) is 1.57. The molecule has 0 saturated heterocycles. The van der Waals surface area contributed by atoms with Crippen LogP contribution in [0.1, 0.15) is 30.4 Å². The average molecular weight is 244 g/mol. The zero-order valence-corrected chi connectivity index (χ0v) is 11.1. The van der Waals surface area contributed by atoms with Crippen LogP contribution in [0.5, 0.6) is 0 Å². The molecule has 1 heterocycles.